The second-order valence-corrected chi connectivity index (χ2v) is 6.00. The normalized spacial score (nSPS) is 13.2. The van der Waals surface area contributed by atoms with Crippen LogP contribution in [-0.4, -0.2) is 17.4 Å². The highest BCUT2D eigenvalue weighted by atomic mass is 19.1. The van der Waals surface area contributed by atoms with Crippen molar-refractivity contribution in [2.75, 3.05) is 12.3 Å². The first-order valence-electron chi connectivity index (χ1n) is 8.06. The zero-order valence-corrected chi connectivity index (χ0v) is 13.4. The van der Waals surface area contributed by atoms with Crippen molar-refractivity contribution in [3.63, 3.8) is 0 Å². The zero-order valence-electron chi connectivity index (χ0n) is 13.4. The summed E-state index contributed by atoms with van der Waals surface area (Å²) in [6, 6.07) is 16.5. The van der Waals surface area contributed by atoms with Crippen LogP contribution >= 0.6 is 0 Å². The van der Waals surface area contributed by atoms with Gasteiger partial charge in [-0.3, -0.25) is 4.79 Å². The smallest absolute Gasteiger partial charge is 0.251 e. The van der Waals surface area contributed by atoms with Crippen LogP contribution in [0.4, 0.5) is 10.2 Å². The summed E-state index contributed by atoms with van der Waals surface area (Å²) in [7, 11) is 0. The molecule has 1 aliphatic rings. The Balaban J connectivity index is 1.85. The number of pyridine rings is 1. The van der Waals surface area contributed by atoms with Crippen LogP contribution in [0.1, 0.15) is 15.9 Å². The first kappa shape index (κ1) is 15.3. The average Bonchev–Trinajstić information content (AvgIpc) is 2.62. The quantitative estimate of drug-likeness (QED) is 0.706. The Morgan fingerprint density at radius 1 is 0.960 bits per heavy atom. The van der Waals surface area contributed by atoms with Crippen LogP contribution in [-0.2, 0) is 6.42 Å². The summed E-state index contributed by atoms with van der Waals surface area (Å²) < 4.78 is 14.3. The zero-order chi connectivity index (χ0) is 17.4. The molecule has 0 aliphatic carbocycles. The lowest BCUT2D eigenvalue weighted by atomic mass is 9.94. The van der Waals surface area contributed by atoms with Crippen LogP contribution in [0.2, 0.25) is 0 Å². The topological polar surface area (TPSA) is 68.0 Å². The van der Waals surface area contributed by atoms with E-state index in [2.05, 4.69) is 10.3 Å². The molecule has 2 aromatic carbocycles. The fourth-order valence-corrected chi connectivity index (χ4v) is 3.15. The molecule has 0 unspecified atom stereocenters. The molecule has 0 saturated heterocycles. The van der Waals surface area contributed by atoms with Gasteiger partial charge in [-0.2, -0.15) is 4.39 Å². The number of halogens is 1. The van der Waals surface area contributed by atoms with Crippen LogP contribution in [0.25, 0.3) is 22.3 Å². The maximum atomic E-state index is 14.3. The van der Waals surface area contributed by atoms with Crippen molar-refractivity contribution in [2.24, 2.45) is 0 Å². The molecule has 0 saturated carbocycles. The summed E-state index contributed by atoms with van der Waals surface area (Å²) in [4.78, 5) is 15.8. The molecule has 1 amide bonds. The summed E-state index contributed by atoms with van der Waals surface area (Å²) in [6.45, 7) is 0.613. The predicted molar refractivity (Wildman–Crippen MR) is 95.5 cm³/mol. The summed E-state index contributed by atoms with van der Waals surface area (Å²) in [5, 5.41) is 2.82. The number of nitrogens with one attached hydrogen (secondary N) is 1. The molecule has 5 heteroatoms. The van der Waals surface area contributed by atoms with Gasteiger partial charge in [-0.15, -0.1) is 0 Å². The third-order valence-electron chi connectivity index (χ3n) is 4.43. The van der Waals surface area contributed by atoms with E-state index in [1.165, 1.54) is 0 Å². The first-order valence-corrected chi connectivity index (χ1v) is 8.06. The highest BCUT2D eigenvalue weighted by Crippen LogP contribution is 2.33. The van der Waals surface area contributed by atoms with Gasteiger partial charge in [0.1, 0.15) is 5.82 Å². The first-order chi connectivity index (χ1) is 12.1. The van der Waals surface area contributed by atoms with Gasteiger partial charge in [0, 0.05) is 23.2 Å². The molecule has 25 heavy (non-hydrogen) atoms. The SMILES string of the molecule is Nc1nc(F)c(-c2ccccc2)cc1-c1ccc2c(c1)CCNC2=O. The minimum atomic E-state index is -0.593. The number of hydrogen-bond acceptors (Lipinski definition) is 3. The van der Waals surface area contributed by atoms with E-state index in [9.17, 15) is 9.18 Å². The second-order valence-electron chi connectivity index (χ2n) is 6.00. The number of carbonyl (C=O) groups excluding carboxylic acids is 1. The molecule has 4 nitrogen and oxygen atoms in total. The lowest BCUT2D eigenvalue weighted by Gasteiger charge is -2.18. The van der Waals surface area contributed by atoms with Gasteiger partial charge in [-0.25, -0.2) is 4.98 Å². The van der Waals surface area contributed by atoms with Crippen LogP contribution in [0, 0.1) is 5.95 Å². The number of nitrogens with two attached hydrogens (primary N) is 1. The van der Waals surface area contributed by atoms with E-state index in [0.717, 1.165) is 23.1 Å². The minimum absolute atomic E-state index is 0.0667. The minimum Gasteiger partial charge on any atom is -0.383 e. The monoisotopic (exact) mass is 333 g/mol. The van der Waals surface area contributed by atoms with Gasteiger partial charge in [0.15, 0.2) is 0 Å². The summed E-state index contributed by atoms with van der Waals surface area (Å²) in [6.07, 6.45) is 0.759. The van der Waals surface area contributed by atoms with Crippen molar-refractivity contribution in [3.8, 4) is 22.3 Å². The van der Waals surface area contributed by atoms with Crippen molar-refractivity contribution >= 4 is 11.7 Å². The number of aromatic nitrogens is 1. The summed E-state index contributed by atoms with van der Waals surface area (Å²) in [5.74, 6) is -0.523. The highest BCUT2D eigenvalue weighted by molar-refractivity contribution is 5.97. The lowest BCUT2D eigenvalue weighted by Crippen LogP contribution is -2.31. The second kappa shape index (κ2) is 6.02. The van der Waals surface area contributed by atoms with E-state index in [4.69, 9.17) is 5.73 Å². The molecule has 1 aliphatic heterocycles. The number of amides is 1. The fraction of sp³-hybridized carbons (Fsp3) is 0.100. The van der Waals surface area contributed by atoms with E-state index in [0.29, 0.717) is 23.2 Å². The van der Waals surface area contributed by atoms with E-state index in [1.54, 1.807) is 12.1 Å². The molecule has 0 bridgehead atoms. The maximum absolute atomic E-state index is 14.3. The van der Waals surface area contributed by atoms with E-state index >= 15 is 0 Å². The Hall–Kier alpha value is -3.21. The Labute approximate surface area is 144 Å². The number of nitrogen functional groups attached to an aromatic ring is 1. The Bertz CT molecular complexity index is 970. The summed E-state index contributed by atoms with van der Waals surface area (Å²) in [5.41, 5.74) is 10.2. The number of nitrogens with zero attached hydrogens (tertiary/aromatic N) is 1. The van der Waals surface area contributed by atoms with Gasteiger partial charge >= 0.3 is 0 Å². The Kier molecular flexibility index (Phi) is 3.69. The summed E-state index contributed by atoms with van der Waals surface area (Å²) >= 11 is 0. The van der Waals surface area contributed by atoms with Crippen molar-refractivity contribution in [1.82, 2.24) is 10.3 Å². The van der Waals surface area contributed by atoms with Crippen molar-refractivity contribution < 1.29 is 9.18 Å². The van der Waals surface area contributed by atoms with Crippen LogP contribution in [0.15, 0.2) is 54.6 Å². The molecule has 3 N–H and O–H groups in total. The van der Waals surface area contributed by atoms with E-state index in [1.807, 2.05) is 42.5 Å². The van der Waals surface area contributed by atoms with Crippen LogP contribution < -0.4 is 11.1 Å². The van der Waals surface area contributed by atoms with Crippen molar-refractivity contribution in [2.45, 2.75) is 6.42 Å². The van der Waals surface area contributed by atoms with Gasteiger partial charge in [0.2, 0.25) is 5.95 Å². The average molecular weight is 333 g/mol. The van der Waals surface area contributed by atoms with Gasteiger partial charge in [0.05, 0.1) is 0 Å². The molecule has 0 spiro atoms. The van der Waals surface area contributed by atoms with Gasteiger partial charge in [0.25, 0.3) is 5.91 Å². The number of benzene rings is 2. The Morgan fingerprint density at radius 3 is 2.56 bits per heavy atom. The molecular weight excluding hydrogens is 317 g/mol. The fourth-order valence-electron chi connectivity index (χ4n) is 3.15. The third-order valence-corrected chi connectivity index (χ3v) is 4.43. The third kappa shape index (κ3) is 2.74. The molecule has 0 fully saturated rings. The molecule has 0 atom stereocenters. The van der Waals surface area contributed by atoms with Crippen molar-refractivity contribution in [3.05, 3.63) is 71.7 Å². The number of hydrogen-bond donors (Lipinski definition) is 2. The number of rotatable bonds is 2. The number of anilines is 1. The molecule has 3 aromatic rings. The standard InChI is InChI=1S/C20H16FN3O/c21-18-16(12-4-2-1-3-5-12)11-17(19(22)24-18)13-6-7-15-14(10-13)8-9-23-20(15)25/h1-7,10-11H,8-9H2,(H2,22,24)(H,23,25). The molecule has 2 heterocycles. The molecule has 4 rings (SSSR count). The van der Waals surface area contributed by atoms with Gasteiger partial charge in [-0.1, -0.05) is 42.5 Å². The largest absolute Gasteiger partial charge is 0.383 e. The molecule has 0 radical (unpaired) electrons. The number of fused-ring (bicyclic) bond motifs is 1. The van der Waals surface area contributed by atoms with Crippen LogP contribution in [0.5, 0.6) is 0 Å². The molecular formula is C20H16FN3O. The number of carbonyl (C=O) groups is 1. The Morgan fingerprint density at radius 2 is 1.76 bits per heavy atom. The highest BCUT2D eigenvalue weighted by Gasteiger charge is 2.18. The predicted octanol–water partition coefficient (Wildman–Crippen LogP) is 3.42. The molecule has 1 aromatic heterocycles. The van der Waals surface area contributed by atoms with E-state index < -0.39 is 5.95 Å². The van der Waals surface area contributed by atoms with Gasteiger partial charge < -0.3 is 11.1 Å². The van der Waals surface area contributed by atoms with Crippen LogP contribution in [0.3, 0.4) is 0 Å². The van der Waals surface area contributed by atoms with Crippen molar-refractivity contribution in [1.29, 1.82) is 0 Å². The maximum Gasteiger partial charge on any atom is 0.251 e. The van der Waals surface area contributed by atoms with E-state index in [-0.39, 0.29) is 11.7 Å². The van der Waals surface area contributed by atoms with Gasteiger partial charge in [-0.05, 0) is 35.2 Å². The lowest BCUT2D eigenvalue weighted by molar-refractivity contribution is 0.0946. The molecule has 124 valence electrons.